The molecule has 1 N–H and O–H groups in total. The topological polar surface area (TPSA) is 142 Å². The van der Waals surface area contributed by atoms with Crippen LogP contribution in [0.25, 0.3) is 0 Å². The molecule has 2 aromatic carbocycles. The summed E-state index contributed by atoms with van der Waals surface area (Å²) in [6.45, 7) is 3.70. The molecule has 1 aliphatic carbocycles. The highest BCUT2D eigenvalue weighted by Gasteiger charge is 2.38. The average Bonchev–Trinajstić information content (AvgIpc) is 3.14. The summed E-state index contributed by atoms with van der Waals surface area (Å²) in [5.74, 6) is -0.609. The highest BCUT2D eigenvalue weighted by Crippen LogP contribution is 2.42. The highest BCUT2D eigenvalue weighted by molar-refractivity contribution is 7.92. The molecule has 1 fully saturated rings. The van der Waals surface area contributed by atoms with Gasteiger partial charge < -0.3 is 23.8 Å². The molecule has 0 radical (unpaired) electrons. The van der Waals surface area contributed by atoms with E-state index in [0.29, 0.717) is 48.7 Å². The third kappa shape index (κ3) is 8.70. The van der Waals surface area contributed by atoms with Crippen molar-refractivity contribution in [2.75, 3.05) is 45.1 Å². The zero-order valence-corrected chi connectivity index (χ0v) is 31.6. The number of carbonyl (C=O) groups excluding carboxylic acids is 2. The van der Waals surface area contributed by atoms with Crippen molar-refractivity contribution in [2.45, 2.75) is 58.1 Å². The molecule has 3 heterocycles. The number of nitrogens with one attached hydrogen (secondary N) is 1. The largest absolute Gasteiger partial charge is 0.491 e. The number of hydrogen-bond donors (Lipinski definition) is 1. The number of halogens is 1. The van der Waals surface area contributed by atoms with Gasteiger partial charge in [0.05, 0.1) is 44.6 Å². The van der Waals surface area contributed by atoms with Crippen molar-refractivity contribution >= 4 is 39.0 Å². The number of hydrogen-bond acceptors (Lipinski definition) is 10. The number of amides is 2. The average molecular weight is 752 g/mol. The number of fused-ring (bicyclic) bond motifs is 3. The highest BCUT2D eigenvalue weighted by atomic mass is 35.5. The molecule has 52 heavy (non-hydrogen) atoms. The van der Waals surface area contributed by atoms with Crippen molar-refractivity contribution in [2.24, 2.45) is 22.1 Å². The van der Waals surface area contributed by atoms with Crippen molar-refractivity contribution in [1.29, 1.82) is 0 Å². The predicted molar refractivity (Wildman–Crippen MR) is 200 cm³/mol. The summed E-state index contributed by atoms with van der Waals surface area (Å²) in [7, 11) is 0.792. The zero-order chi connectivity index (χ0) is 36.8. The van der Waals surface area contributed by atoms with E-state index in [2.05, 4.69) is 36.1 Å². The van der Waals surface area contributed by atoms with Gasteiger partial charge in [-0.15, -0.1) is 4.36 Å². The van der Waals surface area contributed by atoms with Crippen molar-refractivity contribution < 1.29 is 32.7 Å². The summed E-state index contributed by atoms with van der Waals surface area (Å²) in [6, 6.07) is 11.2. The Kier molecular flexibility index (Phi) is 12.0. The van der Waals surface area contributed by atoms with Gasteiger partial charge in [0.15, 0.2) is 0 Å². The van der Waals surface area contributed by atoms with E-state index in [1.807, 2.05) is 25.1 Å². The lowest BCUT2D eigenvalue weighted by Gasteiger charge is -2.43. The van der Waals surface area contributed by atoms with Crippen LogP contribution in [0.1, 0.15) is 70.9 Å². The fourth-order valence-corrected chi connectivity index (χ4v) is 9.21. The van der Waals surface area contributed by atoms with Gasteiger partial charge in [0.1, 0.15) is 21.2 Å². The third-order valence-corrected chi connectivity index (χ3v) is 12.2. The summed E-state index contributed by atoms with van der Waals surface area (Å²) in [5.41, 5.74) is 3.24. The van der Waals surface area contributed by atoms with Crippen LogP contribution >= 0.6 is 11.6 Å². The molecule has 14 heteroatoms. The smallest absolute Gasteiger partial charge is 0.319 e. The second-order valence-corrected chi connectivity index (χ2v) is 16.1. The van der Waals surface area contributed by atoms with E-state index in [4.69, 9.17) is 30.5 Å². The molecule has 278 valence electrons. The summed E-state index contributed by atoms with van der Waals surface area (Å²) >= 11 is 6.46. The molecule has 1 unspecified atom stereocenters. The van der Waals surface area contributed by atoms with Crippen molar-refractivity contribution in [3.63, 3.8) is 0 Å². The first-order valence-electron chi connectivity index (χ1n) is 17.6. The molecule has 1 aromatic heterocycles. The maximum Gasteiger partial charge on any atom is 0.319 e. The van der Waals surface area contributed by atoms with E-state index in [1.54, 1.807) is 25.3 Å². The minimum atomic E-state index is -3.68. The molecule has 2 bridgehead atoms. The SMILES string of the molecule is COc1ncc(C(=O)NS2(=O)=NC(=O)c3ccc4c(c3)N(Cc3ccc(Cl)cc3CCCCO4)C[C@@H]3CC[C@H]3[C@@H](OC)/C=C/C[C@H](C)C2)c(OC)n1. The first-order chi connectivity index (χ1) is 25.1. The fourth-order valence-electron chi connectivity index (χ4n) is 7.14. The minimum Gasteiger partial charge on any atom is -0.491 e. The number of benzene rings is 2. The van der Waals surface area contributed by atoms with Crippen LogP contribution in [0.2, 0.25) is 5.02 Å². The molecule has 0 spiro atoms. The summed E-state index contributed by atoms with van der Waals surface area (Å²) in [6.07, 6.45) is 10.5. The second-order valence-electron chi connectivity index (χ2n) is 13.7. The molecule has 6 rings (SSSR count). The van der Waals surface area contributed by atoms with Gasteiger partial charge in [0.25, 0.3) is 11.8 Å². The van der Waals surface area contributed by atoms with E-state index >= 15 is 0 Å². The van der Waals surface area contributed by atoms with Gasteiger partial charge in [-0.2, -0.15) is 4.98 Å². The zero-order valence-electron chi connectivity index (χ0n) is 30.0. The molecule has 2 aliphatic heterocycles. The lowest BCUT2D eigenvalue weighted by atomic mass is 9.70. The molecule has 5 atom stereocenters. The van der Waals surface area contributed by atoms with Gasteiger partial charge in [-0.1, -0.05) is 36.7 Å². The Hall–Kier alpha value is -4.20. The van der Waals surface area contributed by atoms with Gasteiger partial charge >= 0.3 is 6.01 Å². The fraction of sp³-hybridized carbons (Fsp3) is 0.474. The molecule has 3 aliphatic rings. The van der Waals surface area contributed by atoms with Crippen LogP contribution in [-0.4, -0.2) is 72.3 Å². The Balaban J connectivity index is 1.45. The number of nitrogens with zero attached hydrogens (tertiary/aromatic N) is 4. The molecule has 0 saturated heterocycles. The van der Waals surface area contributed by atoms with Gasteiger partial charge in [-0.3, -0.25) is 14.3 Å². The number of carbonyl (C=O) groups is 2. The Morgan fingerprint density at radius 3 is 2.67 bits per heavy atom. The number of anilines is 1. The minimum absolute atomic E-state index is 0.00340. The summed E-state index contributed by atoms with van der Waals surface area (Å²) < 4.78 is 44.2. The van der Waals surface area contributed by atoms with Crippen molar-refractivity contribution in [3.8, 4) is 17.6 Å². The Bertz CT molecular complexity index is 1950. The van der Waals surface area contributed by atoms with Gasteiger partial charge in [0, 0.05) is 30.8 Å². The number of rotatable bonds is 5. The molecular formula is C38H46ClN5O7S. The van der Waals surface area contributed by atoms with Crippen LogP contribution in [0.5, 0.6) is 17.6 Å². The Morgan fingerprint density at radius 1 is 1.08 bits per heavy atom. The van der Waals surface area contributed by atoms with Crippen LogP contribution in [0.15, 0.2) is 59.1 Å². The van der Waals surface area contributed by atoms with Crippen LogP contribution in [0, 0.1) is 17.8 Å². The standard InChI is InChI=1S/C38H46ClN5O7S/c1-24-8-7-10-33(48-2)30-15-12-28(30)22-44-21-27-11-14-29(39)18-25(27)9-5-6-17-51-34-16-13-26(19-32(34)44)35(45)42-52(47,23-24)43-36(46)31-20-40-38(50-4)41-37(31)49-3/h7,10-11,13-14,16,18-20,24,28,30,33H,5-6,8-9,12,15,17,21-23H2,1-4H3,(H,42,43,45,46,47)/b10-7+/t24-,28-,30+,33-,52?/m0/s1. The molecule has 12 nitrogen and oxygen atoms in total. The van der Waals surface area contributed by atoms with Crippen LogP contribution in [0.4, 0.5) is 5.69 Å². The molecule has 1 saturated carbocycles. The normalized spacial score (nSPS) is 25.8. The first-order valence-corrected chi connectivity index (χ1v) is 19.7. The monoisotopic (exact) mass is 751 g/mol. The first kappa shape index (κ1) is 37.6. The number of methoxy groups -OCH3 is 3. The molecule has 3 aromatic rings. The molecule has 2 amide bonds. The van der Waals surface area contributed by atoms with Gasteiger partial charge in [-0.05, 0) is 97.7 Å². The number of aryl methyl sites for hydroxylation is 1. The van der Waals surface area contributed by atoms with E-state index in [0.717, 1.165) is 43.4 Å². The van der Waals surface area contributed by atoms with E-state index < -0.39 is 21.7 Å². The van der Waals surface area contributed by atoms with E-state index in [-0.39, 0.29) is 40.8 Å². The summed E-state index contributed by atoms with van der Waals surface area (Å²) in [4.78, 5) is 38.0. The number of aromatic nitrogens is 2. The number of allylic oxidation sites excluding steroid dienone is 1. The maximum absolute atomic E-state index is 14.6. The third-order valence-electron chi connectivity index (χ3n) is 10.0. The lowest BCUT2D eigenvalue weighted by molar-refractivity contribution is 0.0133. The maximum atomic E-state index is 14.6. The number of ether oxygens (including phenoxy) is 4. The van der Waals surface area contributed by atoms with Crippen molar-refractivity contribution in [1.82, 2.24) is 14.7 Å². The van der Waals surface area contributed by atoms with Gasteiger partial charge in [-0.25, -0.2) is 9.19 Å². The Morgan fingerprint density at radius 2 is 1.92 bits per heavy atom. The van der Waals surface area contributed by atoms with Crippen LogP contribution in [-0.2, 0) is 27.6 Å². The Labute approximate surface area is 310 Å². The lowest BCUT2D eigenvalue weighted by Crippen LogP contribution is -2.43. The van der Waals surface area contributed by atoms with Gasteiger partial charge in [0.2, 0.25) is 5.88 Å². The van der Waals surface area contributed by atoms with E-state index in [9.17, 15) is 13.8 Å². The predicted octanol–water partition coefficient (Wildman–Crippen LogP) is 6.46. The van der Waals surface area contributed by atoms with Crippen molar-refractivity contribution in [3.05, 3.63) is 82.0 Å². The summed E-state index contributed by atoms with van der Waals surface area (Å²) in [5, 5.41) is 0.699. The second kappa shape index (κ2) is 16.6. The van der Waals surface area contributed by atoms with E-state index in [1.165, 1.54) is 26.0 Å². The quantitative estimate of drug-likeness (QED) is 0.289. The van der Waals surface area contributed by atoms with Crippen LogP contribution in [0.3, 0.4) is 0 Å². The van der Waals surface area contributed by atoms with Crippen LogP contribution < -0.4 is 23.8 Å². The molecular weight excluding hydrogens is 706 g/mol.